The van der Waals surface area contributed by atoms with Gasteiger partial charge in [-0.3, -0.25) is 4.90 Å². The van der Waals surface area contributed by atoms with Crippen LogP contribution in [0.1, 0.15) is 30.5 Å². The van der Waals surface area contributed by atoms with E-state index in [2.05, 4.69) is 56.0 Å². The van der Waals surface area contributed by atoms with Crippen molar-refractivity contribution in [3.05, 3.63) is 59.2 Å². The Bertz CT molecular complexity index is 762. The summed E-state index contributed by atoms with van der Waals surface area (Å²) in [6.45, 7) is 9.65. The first-order chi connectivity index (χ1) is 13.5. The van der Waals surface area contributed by atoms with Crippen molar-refractivity contribution in [2.24, 2.45) is 5.92 Å². The summed E-state index contributed by atoms with van der Waals surface area (Å²) in [5, 5.41) is 10.5. The molecule has 5 nitrogen and oxygen atoms in total. The van der Waals surface area contributed by atoms with Crippen LogP contribution in [0.2, 0.25) is 0 Å². The number of rotatable bonds is 10. The van der Waals surface area contributed by atoms with E-state index in [1.807, 2.05) is 12.1 Å². The van der Waals surface area contributed by atoms with Gasteiger partial charge in [0.05, 0.1) is 12.7 Å². The summed E-state index contributed by atoms with van der Waals surface area (Å²) in [7, 11) is 0. The van der Waals surface area contributed by atoms with E-state index < -0.39 is 6.10 Å². The Labute approximate surface area is 167 Å². The molecular weight excluding hydrogens is 354 g/mol. The number of fused-ring (bicyclic) bond motifs is 1. The average Bonchev–Trinajstić information content (AvgIpc) is 3.11. The third kappa shape index (κ3) is 5.96. The molecule has 0 fully saturated rings. The lowest BCUT2D eigenvalue weighted by Crippen LogP contribution is -2.34. The molecule has 1 aliphatic rings. The maximum Gasteiger partial charge on any atom is 0.231 e. The molecule has 1 aliphatic heterocycles. The zero-order valence-electron chi connectivity index (χ0n) is 17.1. The van der Waals surface area contributed by atoms with Gasteiger partial charge in [-0.25, -0.2) is 0 Å². The number of nitrogens with zero attached hydrogens (tertiary/aromatic N) is 1. The monoisotopic (exact) mass is 385 g/mol. The number of ether oxygens (including phenoxy) is 3. The molecule has 1 N–H and O–H groups in total. The van der Waals surface area contributed by atoms with Crippen LogP contribution in [0.5, 0.6) is 11.5 Å². The molecule has 0 amide bonds. The van der Waals surface area contributed by atoms with Crippen molar-refractivity contribution in [1.29, 1.82) is 0 Å². The van der Waals surface area contributed by atoms with Crippen molar-refractivity contribution in [1.82, 2.24) is 4.90 Å². The van der Waals surface area contributed by atoms with E-state index in [9.17, 15) is 5.11 Å². The highest BCUT2D eigenvalue weighted by Gasteiger charge is 2.17. The van der Waals surface area contributed by atoms with Crippen molar-refractivity contribution in [3.63, 3.8) is 0 Å². The summed E-state index contributed by atoms with van der Waals surface area (Å²) in [5.41, 5.74) is 3.65. The molecule has 3 rings (SSSR count). The van der Waals surface area contributed by atoms with E-state index in [1.54, 1.807) is 0 Å². The smallest absolute Gasteiger partial charge is 0.231 e. The van der Waals surface area contributed by atoms with Gasteiger partial charge in [-0.05, 0) is 41.7 Å². The number of aliphatic hydroxyl groups excluding tert-OH is 1. The lowest BCUT2D eigenvalue weighted by molar-refractivity contribution is 0.00551. The third-order valence-electron chi connectivity index (χ3n) is 4.73. The Morgan fingerprint density at radius 3 is 2.61 bits per heavy atom. The molecule has 1 atom stereocenters. The minimum Gasteiger partial charge on any atom is -0.454 e. The number of hydrogen-bond donors (Lipinski definition) is 1. The van der Waals surface area contributed by atoms with Crippen molar-refractivity contribution in [2.45, 2.75) is 40.0 Å². The van der Waals surface area contributed by atoms with E-state index in [-0.39, 0.29) is 6.79 Å². The van der Waals surface area contributed by atoms with Gasteiger partial charge in [0.25, 0.3) is 0 Å². The highest BCUT2D eigenvalue weighted by atomic mass is 16.7. The minimum atomic E-state index is -0.531. The standard InChI is InChI=1S/C23H31NO4/c1-17(2)14-26-15-21(25)13-24(12-20-7-5-4-6-18(20)3)11-19-8-9-22-23(10-19)28-16-27-22/h4-10,17,21,25H,11-16H2,1-3H3. The van der Waals surface area contributed by atoms with Crippen molar-refractivity contribution >= 4 is 0 Å². The Morgan fingerprint density at radius 1 is 1.04 bits per heavy atom. The Morgan fingerprint density at radius 2 is 1.82 bits per heavy atom. The highest BCUT2D eigenvalue weighted by molar-refractivity contribution is 5.44. The van der Waals surface area contributed by atoms with Gasteiger partial charge in [0.2, 0.25) is 6.79 Å². The van der Waals surface area contributed by atoms with Gasteiger partial charge >= 0.3 is 0 Å². The van der Waals surface area contributed by atoms with E-state index in [1.165, 1.54) is 11.1 Å². The molecule has 0 aliphatic carbocycles. The predicted octanol–water partition coefficient (Wildman–Crippen LogP) is 3.76. The SMILES string of the molecule is Cc1ccccc1CN(Cc1ccc2c(c1)OCO2)CC(O)COCC(C)C. The van der Waals surface area contributed by atoms with Gasteiger partial charge in [0.15, 0.2) is 11.5 Å². The largest absolute Gasteiger partial charge is 0.454 e. The normalized spacial score (nSPS) is 14.1. The second-order valence-corrected chi connectivity index (χ2v) is 7.87. The fourth-order valence-corrected chi connectivity index (χ4v) is 3.30. The molecule has 0 spiro atoms. The van der Waals surface area contributed by atoms with Crippen LogP contribution in [-0.4, -0.2) is 42.7 Å². The molecule has 1 heterocycles. The summed E-state index contributed by atoms with van der Waals surface area (Å²) < 4.78 is 16.5. The third-order valence-corrected chi connectivity index (χ3v) is 4.73. The highest BCUT2D eigenvalue weighted by Crippen LogP contribution is 2.33. The Hall–Kier alpha value is -2.08. The van der Waals surface area contributed by atoms with Crippen LogP contribution >= 0.6 is 0 Å². The van der Waals surface area contributed by atoms with Crippen LogP contribution < -0.4 is 9.47 Å². The maximum atomic E-state index is 10.5. The van der Waals surface area contributed by atoms with Crippen LogP contribution in [0.25, 0.3) is 0 Å². The molecule has 5 heteroatoms. The summed E-state index contributed by atoms with van der Waals surface area (Å²) >= 11 is 0. The quantitative estimate of drug-likeness (QED) is 0.675. The number of benzene rings is 2. The van der Waals surface area contributed by atoms with Gasteiger partial charge in [-0.1, -0.05) is 44.2 Å². The number of aryl methyl sites for hydroxylation is 1. The van der Waals surface area contributed by atoms with Crippen LogP contribution in [-0.2, 0) is 17.8 Å². The van der Waals surface area contributed by atoms with Gasteiger partial charge < -0.3 is 19.3 Å². The fraction of sp³-hybridized carbons (Fsp3) is 0.478. The lowest BCUT2D eigenvalue weighted by Gasteiger charge is -2.26. The number of hydrogen-bond acceptors (Lipinski definition) is 5. The van der Waals surface area contributed by atoms with Crippen molar-refractivity contribution in [3.8, 4) is 11.5 Å². The predicted molar refractivity (Wildman–Crippen MR) is 110 cm³/mol. The van der Waals surface area contributed by atoms with E-state index >= 15 is 0 Å². The topological polar surface area (TPSA) is 51.2 Å². The van der Waals surface area contributed by atoms with E-state index in [4.69, 9.17) is 14.2 Å². The first-order valence-electron chi connectivity index (χ1n) is 9.92. The van der Waals surface area contributed by atoms with E-state index in [0.29, 0.717) is 32.2 Å². The zero-order chi connectivity index (χ0) is 19.9. The Balaban J connectivity index is 1.67. The van der Waals surface area contributed by atoms with Gasteiger partial charge in [-0.15, -0.1) is 0 Å². The molecule has 2 aromatic rings. The van der Waals surface area contributed by atoms with Gasteiger partial charge in [0.1, 0.15) is 0 Å². The molecule has 1 unspecified atom stereocenters. The van der Waals surface area contributed by atoms with Crippen LogP contribution in [0.15, 0.2) is 42.5 Å². The maximum absolute atomic E-state index is 10.5. The molecule has 0 saturated heterocycles. The first-order valence-corrected chi connectivity index (χ1v) is 9.92. The molecule has 2 aromatic carbocycles. The van der Waals surface area contributed by atoms with Crippen LogP contribution in [0.4, 0.5) is 0 Å². The molecule has 0 saturated carbocycles. The second-order valence-electron chi connectivity index (χ2n) is 7.87. The van der Waals surface area contributed by atoms with E-state index in [0.717, 1.165) is 23.6 Å². The second kappa shape index (κ2) is 9.92. The molecule has 28 heavy (non-hydrogen) atoms. The molecule has 0 radical (unpaired) electrons. The summed E-state index contributed by atoms with van der Waals surface area (Å²) in [6.07, 6.45) is -0.531. The molecule has 0 aromatic heterocycles. The van der Waals surface area contributed by atoms with Crippen LogP contribution in [0, 0.1) is 12.8 Å². The summed E-state index contributed by atoms with van der Waals surface area (Å²) in [4.78, 5) is 2.25. The molecule has 0 bridgehead atoms. The summed E-state index contributed by atoms with van der Waals surface area (Å²) in [6, 6.07) is 14.4. The lowest BCUT2D eigenvalue weighted by atomic mass is 10.1. The van der Waals surface area contributed by atoms with Crippen molar-refractivity contribution < 1.29 is 19.3 Å². The first kappa shape index (κ1) is 20.6. The Kier molecular flexibility index (Phi) is 7.31. The summed E-state index contributed by atoms with van der Waals surface area (Å²) in [5.74, 6) is 2.04. The molecular formula is C23H31NO4. The van der Waals surface area contributed by atoms with Gasteiger partial charge in [-0.2, -0.15) is 0 Å². The average molecular weight is 386 g/mol. The molecule has 152 valence electrons. The zero-order valence-corrected chi connectivity index (χ0v) is 17.1. The fourth-order valence-electron chi connectivity index (χ4n) is 3.30. The van der Waals surface area contributed by atoms with Gasteiger partial charge in [0, 0.05) is 26.2 Å². The number of aliphatic hydroxyl groups is 1. The minimum absolute atomic E-state index is 0.275. The van der Waals surface area contributed by atoms with Crippen LogP contribution in [0.3, 0.4) is 0 Å². The van der Waals surface area contributed by atoms with Crippen molar-refractivity contribution in [2.75, 3.05) is 26.6 Å².